The van der Waals surface area contributed by atoms with E-state index < -0.39 is 13.3 Å². The summed E-state index contributed by atoms with van der Waals surface area (Å²) in [6, 6.07) is 0. The monoisotopic (exact) mass is 406 g/mol. The molecule has 2 aliphatic rings. The van der Waals surface area contributed by atoms with E-state index in [9.17, 15) is 9.59 Å². The molecule has 0 bridgehead atoms. The van der Waals surface area contributed by atoms with Gasteiger partial charge in [-0.2, -0.15) is 0 Å². The second-order valence-corrected chi connectivity index (χ2v) is 15.9. The van der Waals surface area contributed by atoms with E-state index in [2.05, 4.69) is 0 Å². The molecule has 0 aromatic rings. The van der Waals surface area contributed by atoms with Crippen molar-refractivity contribution in [3.63, 3.8) is 0 Å². The van der Waals surface area contributed by atoms with Gasteiger partial charge in [0.1, 0.15) is 0 Å². The van der Waals surface area contributed by atoms with E-state index in [4.69, 9.17) is 9.47 Å². The van der Waals surface area contributed by atoms with E-state index in [-0.39, 0.29) is 21.4 Å². The Hall–Kier alpha value is -1.24. The van der Waals surface area contributed by atoms with Crippen molar-refractivity contribution in [2.75, 3.05) is 14.2 Å². The molecule has 0 spiro atoms. The Morgan fingerprint density at radius 3 is 1.56 bits per heavy atom. The fourth-order valence-corrected chi connectivity index (χ4v) is 10.7. The summed E-state index contributed by atoms with van der Waals surface area (Å²) in [7, 11) is 3.32. The summed E-state index contributed by atoms with van der Waals surface area (Å²) < 4.78 is 10.8. The summed E-state index contributed by atoms with van der Waals surface area (Å²) in [6.07, 6.45) is 12.8. The molecule has 2 rings (SSSR count). The number of hydrogen-bond acceptors (Lipinski definition) is 4. The van der Waals surface area contributed by atoms with E-state index in [0.29, 0.717) is 34.5 Å². The van der Waals surface area contributed by atoms with E-state index in [1.54, 1.807) is 14.2 Å². The van der Waals surface area contributed by atoms with Crippen molar-refractivity contribution in [2.24, 2.45) is 0 Å². The van der Waals surface area contributed by atoms with Crippen molar-refractivity contribution in [3.8, 4) is 0 Å². The number of carbonyl (C=O) groups is 2. The first-order valence-electron chi connectivity index (χ1n) is 8.94. The molecule has 4 nitrogen and oxygen atoms in total. The summed E-state index contributed by atoms with van der Waals surface area (Å²) in [5.41, 5.74) is 1.39. The molecule has 5 heteroatoms. The molecule has 0 aromatic carbocycles. The molecule has 0 amide bonds. The predicted octanol–water partition coefficient (Wildman–Crippen LogP) is 3.49. The Bertz CT molecular complexity index is 586. The van der Waals surface area contributed by atoms with Crippen molar-refractivity contribution < 1.29 is 19.1 Å². The van der Waals surface area contributed by atoms with Gasteiger partial charge in [-0.3, -0.25) is 0 Å². The third kappa shape index (κ3) is 4.13. The van der Waals surface area contributed by atoms with Crippen LogP contribution in [0.2, 0.25) is 10.5 Å². The van der Waals surface area contributed by atoms with Gasteiger partial charge in [0.15, 0.2) is 0 Å². The predicted molar refractivity (Wildman–Crippen MR) is 102 cm³/mol. The zero-order chi connectivity index (χ0) is 18.4. The molecule has 2 unspecified atom stereocenters. The summed E-state index contributed by atoms with van der Waals surface area (Å²) >= 11 is -3.41. The van der Waals surface area contributed by atoms with Gasteiger partial charge in [-0.1, -0.05) is 0 Å². The van der Waals surface area contributed by atoms with Crippen LogP contribution in [0, 0.1) is 0 Å². The fourth-order valence-electron chi connectivity index (χ4n) is 3.44. The molecule has 136 valence electrons. The van der Waals surface area contributed by atoms with Crippen LogP contribution in [-0.4, -0.2) is 48.9 Å². The van der Waals surface area contributed by atoms with Crippen molar-refractivity contribution in [1.29, 1.82) is 0 Å². The van der Waals surface area contributed by atoms with E-state index >= 15 is 0 Å². The Balaban J connectivity index is 2.26. The molecule has 0 N–H and O–H groups in total. The minimum absolute atomic E-state index is 0.0207. The zero-order valence-corrected chi connectivity index (χ0v) is 17.7. The molecule has 2 aliphatic carbocycles. The van der Waals surface area contributed by atoms with Crippen molar-refractivity contribution in [1.82, 2.24) is 0 Å². The average Bonchev–Trinajstić information content (AvgIpc) is 2.69. The van der Waals surface area contributed by atoms with Gasteiger partial charge in [-0.05, 0) is 0 Å². The second kappa shape index (κ2) is 8.92. The van der Waals surface area contributed by atoms with Gasteiger partial charge in [-0.25, -0.2) is 0 Å². The third-order valence-corrected chi connectivity index (χ3v) is 15.3. The standard InChI is InChI=1S/C20H28GeO4/c1-5-21(6-2,19(22)15-7-11-17(24-3)12-8-15)20(23)16-9-13-18(25-4)14-10-16/h7-11,13,17-18H,5-6,12,14H2,1-4H3. The first kappa shape index (κ1) is 20.1. The molecule has 0 aromatic heterocycles. The number of allylic oxidation sites excluding steroid dienone is 4. The van der Waals surface area contributed by atoms with Crippen LogP contribution >= 0.6 is 0 Å². The van der Waals surface area contributed by atoms with Gasteiger partial charge in [-0.15, -0.1) is 0 Å². The van der Waals surface area contributed by atoms with Gasteiger partial charge in [0.2, 0.25) is 0 Å². The molecule has 0 saturated heterocycles. The average molecular weight is 405 g/mol. The van der Waals surface area contributed by atoms with Gasteiger partial charge in [0.25, 0.3) is 0 Å². The Morgan fingerprint density at radius 1 is 0.920 bits per heavy atom. The summed E-state index contributed by atoms with van der Waals surface area (Å²) in [6.45, 7) is 3.99. The van der Waals surface area contributed by atoms with Crippen molar-refractivity contribution >= 4 is 22.5 Å². The van der Waals surface area contributed by atoms with E-state index in [1.165, 1.54) is 0 Å². The number of carbonyl (C=O) groups excluding carboxylic acids is 2. The summed E-state index contributed by atoms with van der Waals surface area (Å²) in [5.74, 6) is 0. The second-order valence-electron chi connectivity index (χ2n) is 6.50. The molecule has 0 fully saturated rings. The van der Waals surface area contributed by atoms with Crippen LogP contribution in [0.25, 0.3) is 0 Å². The molecule has 0 heterocycles. The molecule has 2 atom stereocenters. The first-order valence-corrected chi connectivity index (χ1v) is 14.0. The Labute approximate surface area is 153 Å². The normalized spacial score (nSPS) is 23.2. The van der Waals surface area contributed by atoms with Crippen molar-refractivity contribution in [2.45, 2.75) is 49.4 Å². The van der Waals surface area contributed by atoms with Crippen molar-refractivity contribution in [3.05, 3.63) is 47.6 Å². The Kier molecular flexibility index (Phi) is 7.17. The fraction of sp³-hybridized carbons (Fsp3) is 0.500. The number of methoxy groups -OCH3 is 2. The molecule has 0 aliphatic heterocycles. The molecular weight excluding hydrogens is 377 g/mol. The van der Waals surface area contributed by atoms with Crippen LogP contribution < -0.4 is 0 Å². The van der Waals surface area contributed by atoms with Crippen LogP contribution in [0.4, 0.5) is 0 Å². The molecule has 25 heavy (non-hydrogen) atoms. The number of ether oxygens (including phenoxy) is 2. The Morgan fingerprint density at radius 2 is 1.32 bits per heavy atom. The van der Waals surface area contributed by atoms with Crippen LogP contribution in [0.1, 0.15) is 26.7 Å². The van der Waals surface area contributed by atoms with Crippen LogP contribution in [0.3, 0.4) is 0 Å². The van der Waals surface area contributed by atoms with Crippen LogP contribution in [-0.2, 0) is 19.1 Å². The maximum atomic E-state index is 13.3. The quantitative estimate of drug-likeness (QED) is 0.581. The summed E-state index contributed by atoms with van der Waals surface area (Å²) in [4.78, 5) is 26.6. The first-order chi connectivity index (χ1) is 12.0. The maximum absolute atomic E-state index is 13.3. The molecular formula is C20H28GeO4. The van der Waals surface area contributed by atoms with E-state index in [1.807, 2.05) is 50.3 Å². The van der Waals surface area contributed by atoms with Crippen LogP contribution in [0.15, 0.2) is 47.6 Å². The third-order valence-electron chi connectivity index (χ3n) is 5.33. The SMILES string of the molecule is C[CH2][Ge]([CH2]C)([C](=O)C1=CCC(OC)C=C1)[C](=O)C1=CCC(OC)C=C1. The van der Waals surface area contributed by atoms with Gasteiger partial charge in [0, 0.05) is 0 Å². The van der Waals surface area contributed by atoms with Gasteiger partial charge >= 0.3 is 153 Å². The van der Waals surface area contributed by atoms with Gasteiger partial charge in [0.05, 0.1) is 0 Å². The summed E-state index contributed by atoms with van der Waals surface area (Å²) in [5, 5.41) is 1.35. The number of hydrogen-bond donors (Lipinski definition) is 0. The minimum atomic E-state index is -3.41. The number of rotatable bonds is 8. The van der Waals surface area contributed by atoms with E-state index in [0.717, 1.165) is 0 Å². The zero-order valence-electron chi connectivity index (χ0n) is 15.6. The topological polar surface area (TPSA) is 52.6 Å². The van der Waals surface area contributed by atoms with Gasteiger partial charge < -0.3 is 0 Å². The molecule has 0 saturated carbocycles. The van der Waals surface area contributed by atoms with Crippen LogP contribution in [0.5, 0.6) is 0 Å². The molecule has 0 radical (unpaired) electrons.